The zero-order valence-electron chi connectivity index (χ0n) is 23.1. The van der Waals surface area contributed by atoms with Crippen molar-refractivity contribution in [3.8, 4) is 33.6 Å². The van der Waals surface area contributed by atoms with Crippen LogP contribution in [-0.4, -0.2) is 56.1 Å². The second kappa shape index (κ2) is 12.3. The number of hydrogen-bond acceptors (Lipinski definition) is 8. The Hall–Kier alpha value is -3.62. The maximum Gasteiger partial charge on any atom is 0.163 e. The van der Waals surface area contributed by atoms with Crippen molar-refractivity contribution in [2.45, 2.75) is 44.7 Å². The van der Waals surface area contributed by atoms with Crippen LogP contribution in [0.2, 0.25) is 0 Å². The molecule has 208 valence electrons. The Kier molecular flexibility index (Phi) is 8.16. The molecule has 0 amide bonds. The molecule has 6 rings (SSSR count). The van der Waals surface area contributed by atoms with Gasteiger partial charge in [-0.3, -0.25) is 9.89 Å². The standard InChI is InChI=1S/C32H35N3O4S/c1-36-28-17-22(32-34-25-10-4-5-11-31(25)40-32)12-13-27(28)38-15-6-3-7-16-39-30-19-26-23(18-29(30)37-2)21-35-14-8-9-24(35)20-33-26/h4-5,10-13,17-20,24H,3,6-9,14-16,21H2,1-2H3/t24-/m0/s1. The fourth-order valence-electron chi connectivity index (χ4n) is 5.37. The highest BCUT2D eigenvalue weighted by Gasteiger charge is 2.26. The van der Waals surface area contributed by atoms with Gasteiger partial charge in [0.2, 0.25) is 0 Å². The van der Waals surface area contributed by atoms with Crippen molar-refractivity contribution in [1.29, 1.82) is 0 Å². The minimum atomic E-state index is 0.446. The number of nitrogens with zero attached hydrogens (tertiary/aromatic N) is 3. The Morgan fingerprint density at radius 2 is 1.68 bits per heavy atom. The molecule has 0 radical (unpaired) electrons. The highest BCUT2D eigenvalue weighted by atomic mass is 32.1. The third-order valence-corrected chi connectivity index (χ3v) is 8.63. The summed E-state index contributed by atoms with van der Waals surface area (Å²) in [6.07, 6.45) is 7.36. The number of unbranched alkanes of at least 4 members (excludes halogenated alkanes) is 2. The Morgan fingerprint density at radius 1 is 0.875 bits per heavy atom. The summed E-state index contributed by atoms with van der Waals surface area (Å²) in [5, 5.41) is 0.976. The lowest BCUT2D eigenvalue weighted by atomic mass is 10.1. The third-order valence-electron chi connectivity index (χ3n) is 7.55. The van der Waals surface area contributed by atoms with Crippen molar-refractivity contribution in [3.05, 3.63) is 60.2 Å². The van der Waals surface area contributed by atoms with Crippen molar-refractivity contribution < 1.29 is 18.9 Å². The summed E-state index contributed by atoms with van der Waals surface area (Å²) >= 11 is 1.68. The van der Waals surface area contributed by atoms with E-state index in [2.05, 4.69) is 23.2 Å². The molecule has 0 unspecified atom stereocenters. The number of ether oxygens (including phenoxy) is 4. The second-order valence-electron chi connectivity index (χ2n) is 10.2. The summed E-state index contributed by atoms with van der Waals surface area (Å²) in [5.74, 6) is 3.00. The minimum absolute atomic E-state index is 0.446. The average molecular weight is 558 g/mol. The van der Waals surface area contributed by atoms with Gasteiger partial charge in [0.05, 0.1) is 43.3 Å². The smallest absolute Gasteiger partial charge is 0.163 e. The first-order valence-corrected chi connectivity index (χ1v) is 14.8. The van der Waals surface area contributed by atoms with E-state index in [1.807, 2.05) is 42.5 Å². The monoisotopic (exact) mass is 557 g/mol. The molecular weight excluding hydrogens is 522 g/mol. The molecule has 7 nitrogen and oxygen atoms in total. The van der Waals surface area contributed by atoms with Crippen LogP contribution in [0.3, 0.4) is 0 Å². The van der Waals surface area contributed by atoms with E-state index in [0.717, 1.165) is 77.1 Å². The summed E-state index contributed by atoms with van der Waals surface area (Å²) < 4.78 is 24.6. The summed E-state index contributed by atoms with van der Waals surface area (Å²) in [5.41, 5.74) is 4.23. The van der Waals surface area contributed by atoms with E-state index in [1.165, 1.54) is 23.1 Å². The number of fused-ring (bicyclic) bond motifs is 3. The van der Waals surface area contributed by atoms with Crippen molar-refractivity contribution in [2.24, 2.45) is 4.99 Å². The lowest BCUT2D eigenvalue weighted by Crippen LogP contribution is -2.28. The largest absolute Gasteiger partial charge is 0.493 e. The first-order chi connectivity index (χ1) is 19.7. The fraction of sp³-hybridized carbons (Fsp3) is 0.375. The van der Waals surface area contributed by atoms with Crippen molar-refractivity contribution in [2.75, 3.05) is 34.0 Å². The Balaban J connectivity index is 0.983. The predicted octanol–water partition coefficient (Wildman–Crippen LogP) is 7.29. The molecule has 2 aliphatic heterocycles. The molecule has 1 fully saturated rings. The van der Waals surface area contributed by atoms with E-state index in [1.54, 1.807) is 25.6 Å². The minimum Gasteiger partial charge on any atom is -0.493 e. The first kappa shape index (κ1) is 26.6. The fourth-order valence-corrected chi connectivity index (χ4v) is 6.34. The topological polar surface area (TPSA) is 65.4 Å². The van der Waals surface area contributed by atoms with Crippen LogP contribution in [0.15, 0.2) is 59.6 Å². The van der Waals surface area contributed by atoms with Gasteiger partial charge in [-0.05, 0) is 80.6 Å². The van der Waals surface area contributed by atoms with Gasteiger partial charge in [-0.2, -0.15) is 0 Å². The lowest BCUT2D eigenvalue weighted by molar-refractivity contribution is 0.263. The maximum atomic E-state index is 6.13. The van der Waals surface area contributed by atoms with E-state index < -0.39 is 0 Å². The van der Waals surface area contributed by atoms with Gasteiger partial charge >= 0.3 is 0 Å². The van der Waals surface area contributed by atoms with E-state index in [9.17, 15) is 0 Å². The zero-order chi connectivity index (χ0) is 27.3. The SMILES string of the molecule is COc1cc(-c2nc3ccccc3s2)ccc1OCCCCCOc1cc2c(cc1OC)CN1CCC[C@H]1C=N2. The molecule has 1 atom stereocenters. The molecular formula is C32H35N3O4S. The van der Waals surface area contributed by atoms with E-state index in [4.69, 9.17) is 28.9 Å². The zero-order valence-corrected chi connectivity index (χ0v) is 23.9. The van der Waals surface area contributed by atoms with E-state index >= 15 is 0 Å². The number of benzene rings is 3. The first-order valence-electron chi connectivity index (χ1n) is 14.0. The molecule has 3 heterocycles. The van der Waals surface area contributed by atoms with Crippen molar-refractivity contribution >= 4 is 33.5 Å². The van der Waals surface area contributed by atoms with Gasteiger partial charge in [0, 0.05) is 30.4 Å². The highest BCUT2D eigenvalue weighted by molar-refractivity contribution is 7.21. The maximum absolute atomic E-state index is 6.13. The lowest BCUT2D eigenvalue weighted by Gasteiger charge is -2.20. The summed E-state index contributed by atoms with van der Waals surface area (Å²) in [6.45, 7) is 3.27. The molecule has 1 aromatic heterocycles. The summed E-state index contributed by atoms with van der Waals surface area (Å²) in [4.78, 5) is 12.0. The number of thiazole rings is 1. The Morgan fingerprint density at radius 3 is 2.50 bits per heavy atom. The van der Waals surface area contributed by atoms with Gasteiger partial charge < -0.3 is 18.9 Å². The van der Waals surface area contributed by atoms with Gasteiger partial charge in [-0.1, -0.05) is 12.1 Å². The average Bonchev–Trinajstić information content (AvgIpc) is 3.59. The Labute approximate surface area is 239 Å². The van der Waals surface area contributed by atoms with Crippen molar-refractivity contribution in [3.63, 3.8) is 0 Å². The summed E-state index contributed by atoms with van der Waals surface area (Å²) in [6, 6.07) is 18.8. The number of methoxy groups -OCH3 is 2. The van der Waals surface area contributed by atoms with Crippen LogP contribution >= 0.6 is 11.3 Å². The molecule has 8 heteroatoms. The van der Waals surface area contributed by atoms with Crippen molar-refractivity contribution in [1.82, 2.24) is 9.88 Å². The molecule has 4 aromatic rings. The highest BCUT2D eigenvalue weighted by Crippen LogP contribution is 2.39. The van der Waals surface area contributed by atoms with E-state index in [0.29, 0.717) is 19.3 Å². The van der Waals surface area contributed by atoms with Crippen LogP contribution in [0.5, 0.6) is 23.0 Å². The van der Waals surface area contributed by atoms with Gasteiger partial charge in [0.25, 0.3) is 0 Å². The summed E-state index contributed by atoms with van der Waals surface area (Å²) in [7, 11) is 3.37. The molecule has 0 bridgehead atoms. The molecule has 1 saturated heterocycles. The quantitative estimate of drug-likeness (QED) is 0.181. The van der Waals surface area contributed by atoms with E-state index in [-0.39, 0.29) is 0 Å². The molecule has 3 aromatic carbocycles. The van der Waals surface area contributed by atoms with Crippen LogP contribution in [0.25, 0.3) is 20.8 Å². The predicted molar refractivity (Wildman–Crippen MR) is 161 cm³/mol. The number of aromatic nitrogens is 1. The number of hydrogen-bond donors (Lipinski definition) is 0. The molecule has 2 aliphatic rings. The number of para-hydroxylation sites is 1. The van der Waals surface area contributed by atoms with Gasteiger partial charge in [-0.25, -0.2) is 4.98 Å². The second-order valence-corrected chi connectivity index (χ2v) is 11.2. The van der Waals surface area contributed by atoms with Crippen LogP contribution in [-0.2, 0) is 6.54 Å². The van der Waals surface area contributed by atoms with Gasteiger partial charge in [-0.15, -0.1) is 11.3 Å². The molecule has 0 N–H and O–H groups in total. The molecule has 0 saturated carbocycles. The Bertz CT molecular complexity index is 1470. The molecule has 40 heavy (non-hydrogen) atoms. The van der Waals surface area contributed by atoms with Crippen LogP contribution in [0, 0.1) is 0 Å². The molecule has 0 aliphatic carbocycles. The van der Waals surface area contributed by atoms with Crippen LogP contribution < -0.4 is 18.9 Å². The van der Waals surface area contributed by atoms with Gasteiger partial charge in [0.1, 0.15) is 5.01 Å². The number of aliphatic imine (C=N–C) groups is 1. The van der Waals surface area contributed by atoms with Crippen LogP contribution in [0.4, 0.5) is 5.69 Å². The molecule has 0 spiro atoms. The normalized spacial score (nSPS) is 16.4. The van der Waals surface area contributed by atoms with Crippen LogP contribution in [0.1, 0.15) is 37.7 Å². The third kappa shape index (κ3) is 5.78. The van der Waals surface area contributed by atoms with Gasteiger partial charge in [0.15, 0.2) is 23.0 Å². The number of rotatable bonds is 11.